The molecule has 1 nitrogen and oxygen atoms in total. The van der Waals surface area contributed by atoms with Crippen LogP contribution in [0.5, 0.6) is 0 Å². The molecule has 0 radical (unpaired) electrons. The predicted molar refractivity (Wildman–Crippen MR) is 62.5 cm³/mol. The molecule has 0 aliphatic carbocycles. The highest BCUT2D eigenvalue weighted by molar-refractivity contribution is 7.99. The van der Waals surface area contributed by atoms with Gasteiger partial charge in [-0.1, -0.05) is 18.2 Å². The summed E-state index contributed by atoms with van der Waals surface area (Å²) in [5, 5.41) is 8.86. The zero-order valence-electron chi connectivity index (χ0n) is 8.28. The molecule has 0 spiro atoms. The van der Waals surface area contributed by atoms with Crippen molar-refractivity contribution < 1.29 is 5.11 Å². The van der Waals surface area contributed by atoms with Crippen LogP contribution in [-0.4, -0.2) is 10.9 Å². The Balaban J connectivity index is 2.32. The van der Waals surface area contributed by atoms with Crippen molar-refractivity contribution in [1.82, 2.24) is 0 Å². The van der Waals surface area contributed by atoms with Crippen molar-refractivity contribution in [2.24, 2.45) is 0 Å². The first kappa shape index (κ1) is 11.3. The van der Waals surface area contributed by atoms with Gasteiger partial charge in [0.05, 0.1) is 6.61 Å². The van der Waals surface area contributed by atoms with E-state index >= 15 is 0 Å². The lowest BCUT2D eigenvalue weighted by Crippen LogP contribution is -1.83. The van der Waals surface area contributed by atoms with E-state index in [-0.39, 0.29) is 6.61 Å². The van der Waals surface area contributed by atoms with Crippen LogP contribution in [-0.2, 0) is 6.61 Å². The van der Waals surface area contributed by atoms with Gasteiger partial charge in [-0.3, -0.25) is 0 Å². The number of allylic oxidation sites excluding steroid dienone is 1. The Bertz CT molecular complexity index is 266. The van der Waals surface area contributed by atoms with Crippen molar-refractivity contribution >= 4 is 11.8 Å². The highest BCUT2D eigenvalue weighted by atomic mass is 32.2. The highest BCUT2D eigenvalue weighted by Crippen LogP contribution is 2.19. The average Bonchev–Trinajstić information content (AvgIpc) is 2.25. The van der Waals surface area contributed by atoms with Crippen molar-refractivity contribution in [3.63, 3.8) is 0 Å². The fourth-order valence-electron chi connectivity index (χ4n) is 1.11. The van der Waals surface area contributed by atoms with Gasteiger partial charge in [0.25, 0.3) is 0 Å². The summed E-state index contributed by atoms with van der Waals surface area (Å²) in [6, 6.07) is 8.06. The predicted octanol–water partition coefficient (Wildman–Crippen LogP) is 3.24. The van der Waals surface area contributed by atoms with Gasteiger partial charge in [-0.25, -0.2) is 0 Å². The molecule has 0 saturated heterocycles. The molecule has 1 rings (SSSR count). The largest absolute Gasteiger partial charge is 0.392 e. The Morgan fingerprint density at radius 1 is 1.29 bits per heavy atom. The van der Waals surface area contributed by atoms with Gasteiger partial charge in [-0.15, -0.1) is 18.3 Å². The number of hydrogen-bond donors (Lipinski definition) is 1. The second-order valence-corrected chi connectivity index (χ2v) is 4.25. The van der Waals surface area contributed by atoms with Gasteiger partial charge >= 0.3 is 0 Å². The Kier molecular flexibility index (Phi) is 5.42. The summed E-state index contributed by atoms with van der Waals surface area (Å²) in [5.41, 5.74) is 0.973. The maximum Gasteiger partial charge on any atom is 0.0681 e. The quantitative estimate of drug-likeness (QED) is 0.440. The molecule has 2 heteroatoms. The van der Waals surface area contributed by atoms with Crippen LogP contribution in [0.25, 0.3) is 0 Å². The molecule has 0 unspecified atom stereocenters. The normalized spacial score (nSPS) is 10.1. The van der Waals surface area contributed by atoms with Crippen LogP contribution in [0.4, 0.5) is 0 Å². The summed E-state index contributed by atoms with van der Waals surface area (Å²) in [6.07, 6.45) is 4.22. The molecule has 0 saturated carbocycles. The Morgan fingerprint density at radius 2 is 2.00 bits per heavy atom. The third-order valence-corrected chi connectivity index (χ3v) is 3.03. The summed E-state index contributed by atoms with van der Waals surface area (Å²) in [6.45, 7) is 3.82. The summed E-state index contributed by atoms with van der Waals surface area (Å²) in [7, 11) is 0. The van der Waals surface area contributed by atoms with Crippen LogP contribution in [0.1, 0.15) is 18.4 Å². The molecular formula is C12H16OS. The van der Waals surface area contributed by atoms with E-state index in [0.29, 0.717) is 0 Å². The third-order valence-electron chi connectivity index (χ3n) is 1.93. The van der Waals surface area contributed by atoms with Crippen molar-refractivity contribution in [3.05, 3.63) is 42.5 Å². The van der Waals surface area contributed by atoms with Crippen LogP contribution >= 0.6 is 11.8 Å². The van der Waals surface area contributed by atoms with Crippen molar-refractivity contribution in [2.75, 3.05) is 5.75 Å². The number of thioether (sulfide) groups is 1. The van der Waals surface area contributed by atoms with E-state index in [4.69, 9.17) is 5.11 Å². The Hall–Kier alpha value is -0.730. The zero-order valence-corrected chi connectivity index (χ0v) is 9.09. The Labute approximate surface area is 89.8 Å². The molecule has 0 amide bonds. The van der Waals surface area contributed by atoms with Gasteiger partial charge in [0.15, 0.2) is 0 Å². The molecule has 1 aromatic carbocycles. The molecule has 76 valence electrons. The average molecular weight is 208 g/mol. The first-order chi connectivity index (χ1) is 6.86. The fraction of sp³-hybridized carbons (Fsp3) is 0.333. The second kappa shape index (κ2) is 6.68. The summed E-state index contributed by atoms with van der Waals surface area (Å²) >= 11 is 1.85. The van der Waals surface area contributed by atoms with Crippen LogP contribution in [0.15, 0.2) is 41.8 Å². The SMILES string of the molecule is C=CCCCSc1ccc(CO)cc1. The molecule has 0 bridgehead atoms. The lowest BCUT2D eigenvalue weighted by Gasteiger charge is -2.01. The van der Waals surface area contributed by atoms with Crippen LogP contribution < -0.4 is 0 Å². The minimum atomic E-state index is 0.126. The first-order valence-electron chi connectivity index (χ1n) is 4.80. The summed E-state index contributed by atoms with van der Waals surface area (Å²) in [5.74, 6) is 1.13. The molecule has 0 heterocycles. The molecule has 14 heavy (non-hydrogen) atoms. The van der Waals surface area contributed by atoms with Crippen LogP contribution in [0.2, 0.25) is 0 Å². The standard InChI is InChI=1S/C12H16OS/c1-2-3-4-9-14-12-7-5-11(10-13)6-8-12/h2,5-8,13H,1,3-4,9-10H2. The maximum absolute atomic E-state index is 8.86. The van der Waals surface area contributed by atoms with E-state index in [0.717, 1.165) is 17.7 Å². The van der Waals surface area contributed by atoms with Crippen LogP contribution in [0.3, 0.4) is 0 Å². The molecule has 1 aromatic rings. The maximum atomic E-state index is 8.86. The van der Waals surface area contributed by atoms with Gasteiger partial charge in [-0.05, 0) is 36.3 Å². The van der Waals surface area contributed by atoms with Gasteiger partial charge in [-0.2, -0.15) is 0 Å². The number of aliphatic hydroxyl groups excluding tert-OH is 1. The fourth-order valence-corrected chi connectivity index (χ4v) is 1.98. The number of hydrogen-bond acceptors (Lipinski definition) is 2. The van der Waals surface area contributed by atoms with E-state index in [9.17, 15) is 0 Å². The molecule has 1 N–H and O–H groups in total. The molecule has 0 aliphatic heterocycles. The minimum Gasteiger partial charge on any atom is -0.392 e. The van der Waals surface area contributed by atoms with E-state index < -0.39 is 0 Å². The third kappa shape index (κ3) is 3.99. The van der Waals surface area contributed by atoms with E-state index in [1.807, 2.05) is 30.0 Å². The summed E-state index contributed by atoms with van der Waals surface area (Å²) < 4.78 is 0. The monoisotopic (exact) mass is 208 g/mol. The molecule has 0 aliphatic rings. The molecule has 0 atom stereocenters. The van der Waals surface area contributed by atoms with Gasteiger partial charge in [0.2, 0.25) is 0 Å². The number of benzene rings is 1. The zero-order chi connectivity index (χ0) is 10.2. The second-order valence-electron chi connectivity index (χ2n) is 3.08. The van der Waals surface area contributed by atoms with E-state index in [1.54, 1.807) is 0 Å². The minimum absolute atomic E-state index is 0.126. The lowest BCUT2D eigenvalue weighted by atomic mass is 10.2. The highest BCUT2D eigenvalue weighted by Gasteiger charge is 1.94. The van der Waals surface area contributed by atoms with Crippen molar-refractivity contribution in [2.45, 2.75) is 24.3 Å². The van der Waals surface area contributed by atoms with Crippen molar-refractivity contribution in [1.29, 1.82) is 0 Å². The lowest BCUT2D eigenvalue weighted by molar-refractivity contribution is 0.282. The van der Waals surface area contributed by atoms with Gasteiger partial charge < -0.3 is 5.11 Å². The molecule has 0 aromatic heterocycles. The van der Waals surface area contributed by atoms with Crippen LogP contribution in [0, 0.1) is 0 Å². The van der Waals surface area contributed by atoms with E-state index in [1.165, 1.54) is 11.3 Å². The number of rotatable bonds is 6. The van der Waals surface area contributed by atoms with Gasteiger partial charge in [0.1, 0.15) is 0 Å². The van der Waals surface area contributed by atoms with Gasteiger partial charge in [0, 0.05) is 4.90 Å². The number of unbranched alkanes of at least 4 members (excludes halogenated alkanes) is 1. The first-order valence-corrected chi connectivity index (χ1v) is 5.79. The van der Waals surface area contributed by atoms with Crippen molar-refractivity contribution in [3.8, 4) is 0 Å². The summed E-state index contributed by atoms with van der Waals surface area (Å²) in [4.78, 5) is 1.27. The topological polar surface area (TPSA) is 20.2 Å². The molecule has 0 fully saturated rings. The smallest absolute Gasteiger partial charge is 0.0681 e. The van der Waals surface area contributed by atoms with E-state index in [2.05, 4.69) is 18.7 Å². The Morgan fingerprint density at radius 3 is 2.57 bits per heavy atom. The molecular weight excluding hydrogens is 192 g/mol. The number of aliphatic hydroxyl groups is 1.